The molecule has 0 aliphatic rings. The lowest BCUT2D eigenvalue weighted by Crippen LogP contribution is -2.21. The average molecular weight is 175 g/mol. The van der Waals surface area contributed by atoms with E-state index in [1.807, 2.05) is 0 Å². The lowest BCUT2D eigenvalue weighted by Gasteiger charge is -2.15. The Balaban J connectivity index is 3.02. The second kappa shape index (κ2) is 8.97. The molecule has 3 nitrogen and oxygen atoms in total. The van der Waals surface area contributed by atoms with Crippen molar-refractivity contribution in [3.05, 3.63) is 0 Å². The van der Waals surface area contributed by atoms with Crippen molar-refractivity contribution in [3.8, 4) is 0 Å². The highest BCUT2D eigenvalue weighted by Crippen LogP contribution is 1.96. The van der Waals surface area contributed by atoms with Crippen molar-refractivity contribution in [2.24, 2.45) is 0 Å². The van der Waals surface area contributed by atoms with Gasteiger partial charge in [-0.2, -0.15) is 0 Å². The molecule has 3 heteroatoms. The highest BCUT2D eigenvalue weighted by Gasteiger charge is 1.96. The molecule has 0 aromatic carbocycles. The summed E-state index contributed by atoms with van der Waals surface area (Å²) in [6.07, 6.45) is 4.01. The van der Waals surface area contributed by atoms with Crippen LogP contribution in [0.5, 0.6) is 0 Å². The van der Waals surface area contributed by atoms with Crippen molar-refractivity contribution < 1.29 is 10.2 Å². The summed E-state index contributed by atoms with van der Waals surface area (Å²) in [7, 11) is 2.06. The monoisotopic (exact) mass is 175 g/mol. The van der Waals surface area contributed by atoms with E-state index in [-0.39, 0.29) is 6.61 Å². The van der Waals surface area contributed by atoms with Crippen LogP contribution in [-0.2, 0) is 0 Å². The molecule has 0 saturated heterocycles. The Morgan fingerprint density at radius 2 is 1.42 bits per heavy atom. The first-order chi connectivity index (χ1) is 5.81. The fourth-order valence-corrected chi connectivity index (χ4v) is 1.12. The van der Waals surface area contributed by atoms with Gasteiger partial charge in [-0.1, -0.05) is 0 Å². The van der Waals surface area contributed by atoms with Crippen LogP contribution in [0.25, 0.3) is 0 Å². The van der Waals surface area contributed by atoms with E-state index in [0.717, 1.165) is 38.8 Å². The van der Waals surface area contributed by atoms with E-state index in [0.29, 0.717) is 6.61 Å². The molecular formula is C9H21NO2. The summed E-state index contributed by atoms with van der Waals surface area (Å²) in [5.74, 6) is 0. The van der Waals surface area contributed by atoms with E-state index in [2.05, 4.69) is 11.9 Å². The van der Waals surface area contributed by atoms with Crippen LogP contribution in [0.3, 0.4) is 0 Å². The van der Waals surface area contributed by atoms with Crippen LogP contribution in [-0.4, -0.2) is 48.5 Å². The molecule has 0 atom stereocenters. The van der Waals surface area contributed by atoms with Crippen LogP contribution in [0.4, 0.5) is 0 Å². The van der Waals surface area contributed by atoms with Crippen molar-refractivity contribution in [3.63, 3.8) is 0 Å². The van der Waals surface area contributed by atoms with Crippen LogP contribution in [0.15, 0.2) is 0 Å². The van der Waals surface area contributed by atoms with Crippen LogP contribution in [0.1, 0.15) is 25.7 Å². The Labute approximate surface area is 75.0 Å². The number of aliphatic hydroxyl groups excluding tert-OH is 2. The second-order valence-corrected chi connectivity index (χ2v) is 3.16. The molecule has 0 aliphatic heterocycles. The molecule has 0 aliphatic carbocycles. The number of rotatable bonds is 8. The van der Waals surface area contributed by atoms with Crippen molar-refractivity contribution in [1.82, 2.24) is 4.90 Å². The Hall–Kier alpha value is -0.120. The third kappa shape index (κ3) is 7.98. The zero-order valence-electron chi connectivity index (χ0n) is 8.00. The third-order valence-corrected chi connectivity index (χ3v) is 1.90. The molecule has 0 heterocycles. The minimum absolute atomic E-state index is 0.279. The minimum Gasteiger partial charge on any atom is -0.396 e. The van der Waals surface area contributed by atoms with Gasteiger partial charge in [-0.3, -0.25) is 0 Å². The molecule has 0 aromatic rings. The topological polar surface area (TPSA) is 43.7 Å². The molecule has 12 heavy (non-hydrogen) atoms. The van der Waals surface area contributed by atoms with Crippen molar-refractivity contribution in [2.75, 3.05) is 33.4 Å². The van der Waals surface area contributed by atoms with Crippen LogP contribution >= 0.6 is 0 Å². The lowest BCUT2D eigenvalue weighted by molar-refractivity contribution is 0.241. The Morgan fingerprint density at radius 1 is 0.833 bits per heavy atom. The summed E-state index contributed by atoms with van der Waals surface area (Å²) in [5, 5.41) is 17.1. The molecule has 74 valence electrons. The molecule has 0 bridgehead atoms. The molecule has 0 rings (SSSR count). The first-order valence-corrected chi connectivity index (χ1v) is 4.71. The maximum Gasteiger partial charge on any atom is 0.0443 e. The van der Waals surface area contributed by atoms with E-state index in [4.69, 9.17) is 10.2 Å². The lowest BCUT2D eigenvalue weighted by atomic mass is 10.2. The van der Waals surface area contributed by atoms with Crippen molar-refractivity contribution in [1.29, 1.82) is 0 Å². The van der Waals surface area contributed by atoms with Gasteiger partial charge in [0.25, 0.3) is 0 Å². The number of unbranched alkanes of at least 4 members (excludes halogenated alkanes) is 2. The van der Waals surface area contributed by atoms with E-state index >= 15 is 0 Å². The van der Waals surface area contributed by atoms with Crippen molar-refractivity contribution >= 4 is 0 Å². The normalized spacial score (nSPS) is 11.0. The first kappa shape index (κ1) is 11.9. The summed E-state index contributed by atoms with van der Waals surface area (Å²) < 4.78 is 0. The van der Waals surface area contributed by atoms with Gasteiger partial charge < -0.3 is 15.1 Å². The zero-order chi connectivity index (χ0) is 9.23. The summed E-state index contributed by atoms with van der Waals surface area (Å²) in [5.41, 5.74) is 0. The standard InChI is InChI=1S/C9H21NO2/c1-10(7-5-9-12)6-3-2-4-8-11/h11-12H,2-9H2,1H3. The molecule has 0 unspecified atom stereocenters. The predicted octanol–water partition coefficient (Wildman–Crippen LogP) is 0.463. The average Bonchev–Trinajstić information content (AvgIpc) is 2.09. The molecular weight excluding hydrogens is 154 g/mol. The Bertz CT molecular complexity index is 88.6. The maximum atomic E-state index is 8.57. The SMILES string of the molecule is CN(CCCO)CCCCCO. The number of nitrogens with zero attached hydrogens (tertiary/aromatic N) is 1. The highest BCUT2D eigenvalue weighted by atomic mass is 16.3. The molecule has 0 radical (unpaired) electrons. The van der Waals surface area contributed by atoms with Gasteiger partial charge in [0.2, 0.25) is 0 Å². The Kier molecular flexibility index (Phi) is 8.88. The second-order valence-electron chi connectivity index (χ2n) is 3.16. The van der Waals surface area contributed by atoms with Gasteiger partial charge in [-0.25, -0.2) is 0 Å². The maximum absolute atomic E-state index is 8.57. The van der Waals surface area contributed by atoms with Gasteiger partial charge >= 0.3 is 0 Å². The molecule has 0 saturated carbocycles. The fraction of sp³-hybridized carbons (Fsp3) is 1.00. The quantitative estimate of drug-likeness (QED) is 0.527. The molecule has 2 N–H and O–H groups in total. The van der Waals surface area contributed by atoms with Crippen molar-refractivity contribution in [2.45, 2.75) is 25.7 Å². The summed E-state index contributed by atoms with van der Waals surface area (Å²) >= 11 is 0. The van der Waals surface area contributed by atoms with Gasteiger partial charge in [-0.05, 0) is 39.3 Å². The van der Waals surface area contributed by atoms with E-state index in [1.165, 1.54) is 0 Å². The molecule has 0 fully saturated rings. The Morgan fingerprint density at radius 3 is 2.00 bits per heavy atom. The zero-order valence-corrected chi connectivity index (χ0v) is 8.00. The molecule has 0 aromatic heterocycles. The molecule has 0 spiro atoms. The highest BCUT2D eigenvalue weighted by molar-refractivity contribution is 4.51. The number of aliphatic hydroxyl groups is 2. The summed E-state index contributed by atoms with van der Waals surface area (Å²) in [6.45, 7) is 2.62. The van der Waals surface area contributed by atoms with Gasteiger partial charge in [0, 0.05) is 19.8 Å². The fourth-order valence-electron chi connectivity index (χ4n) is 1.12. The van der Waals surface area contributed by atoms with E-state index in [1.54, 1.807) is 0 Å². The first-order valence-electron chi connectivity index (χ1n) is 4.71. The van der Waals surface area contributed by atoms with Crippen LogP contribution < -0.4 is 0 Å². The van der Waals surface area contributed by atoms with Gasteiger partial charge in [0.1, 0.15) is 0 Å². The summed E-state index contributed by atoms with van der Waals surface area (Å²) in [6, 6.07) is 0. The third-order valence-electron chi connectivity index (χ3n) is 1.90. The smallest absolute Gasteiger partial charge is 0.0443 e. The predicted molar refractivity (Wildman–Crippen MR) is 50.1 cm³/mol. The van der Waals surface area contributed by atoms with Crippen LogP contribution in [0, 0.1) is 0 Å². The van der Waals surface area contributed by atoms with Gasteiger partial charge in [-0.15, -0.1) is 0 Å². The van der Waals surface area contributed by atoms with E-state index in [9.17, 15) is 0 Å². The minimum atomic E-state index is 0.279. The molecule has 0 amide bonds. The van der Waals surface area contributed by atoms with Gasteiger partial charge in [0.15, 0.2) is 0 Å². The number of hydrogen-bond donors (Lipinski definition) is 2. The largest absolute Gasteiger partial charge is 0.396 e. The van der Waals surface area contributed by atoms with Gasteiger partial charge in [0.05, 0.1) is 0 Å². The van der Waals surface area contributed by atoms with Crippen LogP contribution in [0.2, 0.25) is 0 Å². The summed E-state index contributed by atoms with van der Waals surface area (Å²) in [4.78, 5) is 2.22. The number of hydrogen-bond acceptors (Lipinski definition) is 3. The van der Waals surface area contributed by atoms with E-state index < -0.39 is 0 Å².